The van der Waals surface area contributed by atoms with Gasteiger partial charge in [0.15, 0.2) is 0 Å². The molecule has 0 aromatic heterocycles. The Morgan fingerprint density at radius 3 is 2.61 bits per heavy atom. The van der Waals surface area contributed by atoms with Crippen molar-refractivity contribution < 1.29 is 4.39 Å². The first-order valence-electron chi connectivity index (χ1n) is 7.82. The van der Waals surface area contributed by atoms with Gasteiger partial charge >= 0.3 is 0 Å². The first-order chi connectivity index (χ1) is 10.2. The molecule has 1 aromatic carbocycles. The van der Waals surface area contributed by atoms with Crippen molar-refractivity contribution in [2.75, 3.05) is 26.2 Å². The van der Waals surface area contributed by atoms with Crippen molar-refractivity contribution in [2.45, 2.75) is 32.2 Å². The number of likely N-dealkylation sites (tertiary alicyclic amines) is 1. The molecular formula is C17H24Cl2FN3. The van der Waals surface area contributed by atoms with Crippen LogP contribution in [0.3, 0.4) is 0 Å². The summed E-state index contributed by atoms with van der Waals surface area (Å²) < 4.78 is 13.7. The molecule has 0 aliphatic carbocycles. The third kappa shape index (κ3) is 4.81. The largest absolute Gasteiger partial charge is 0.317 e. The summed E-state index contributed by atoms with van der Waals surface area (Å²) in [5.41, 5.74) is 1.57. The van der Waals surface area contributed by atoms with Gasteiger partial charge in [0, 0.05) is 13.1 Å². The monoisotopic (exact) mass is 359 g/mol. The van der Waals surface area contributed by atoms with Gasteiger partial charge in [0.05, 0.1) is 5.56 Å². The highest BCUT2D eigenvalue weighted by molar-refractivity contribution is 5.85. The topological polar surface area (TPSA) is 39.1 Å². The molecule has 23 heavy (non-hydrogen) atoms. The van der Waals surface area contributed by atoms with E-state index >= 15 is 0 Å². The van der Waals surface area contributed by atoms with Crippen molar-refractivity contribution in [1.29, 1.82) is 5.26 Å². The highest BCUT2D eigenvalue weighted by Gasteiger charge is 2.36. The average molecular weight is 360 g/mol. The maximum atomic E-state index is 13.7. The van der Waals surface area contributed by atoms with Gasteiger partial charge in [0.2, 0.25) is 0 Å². The van der Waals surface area contributed by atoms with E-state index in [2.05, 4.69) is 10.2 Å². The van der Waals surface area contributed by atoms with Crippen LogP contribution >= 0.6 is 24.8 Å². The summed E-state index contributed by atoms with van der Waals surface area (Å²) in [4.78, 5) is 2.45. The van der Waals surface area contributed by atoms with Gasteiger partial charge < -0.3 is 5.32 Å². The molecule has 1 aromatic rings. The van der Waals surface area contributed by atoms with Gasteiger partial charge in [0.1, 0.15) is 11.9 Å². The SMILES string of the molecule is Cl.Cl.N#Cc1ccc(CN2CCCC3(CCNCC3)C2)cc1F. The standard InChI is InChI=1S/C17H22FN3.2ClH/c18-16-10-14(2-3-15(16)11-19)12-21-9-1-4-17(13-21)5-7-20-8-6-17;;/h2-3,10,20H,1,4-9,12-13H2;2*1H. The lowest BCUT2D eigenvalue weighted by atomic mass is 9.73. The number of nitriles is 1. The van der Waals surface area contributed by atoms with E-state index in [1.54, 1.807) is 6.07 Å². The minimum Gasteiger partial charge on any atom is -0.317 e. The van der Waals surface area contributed by atoms with Gasteiger partial charge in [-0.3, -0.25) is 4.90 Å². The molecule has 0 bridgehead atoms. The number of benzene rings is 1. The predicted octanol–water partition coefficient (Wildman–Crippen LogP) is 3.51. The van der Waals surface area contributed by atoms with Crippen molar-refractivity contribution in [3.63, 3.8) is 0 Å². The van der Waals surface area contributed by atoms with Crippen molar-refractivity contribution in [2.24, 2.45) is 5.41 Å². The van der Waals surface area contributed by atoms with Crippen LogP contribution in [0, 0.1) is 22.6 Å². The maximum Gasteiger partial charge on any atom is 0.141 e. The number of halogens is 3. The zero-order valence-electron chi connectivity index (χ0n) is 13.2. The second-order valence-corrected chi connectivity index (χ2v) is 6.49. The Bertz CT molecular complexity index is 548. The molecule has 2 aliphatic heterocycles. The smallest absolute Gasteiger partial charge is 0.141 e. The maximum absolute atomic E-state index is 13.7. The van der Waals surface area contributed by atoms with Gasteiger partial charge in [-0.05, 0) is 68.4 Å². The number of nitrogens with one attached hydrogen (secondary N) is 1. The fourth-order valence-electron chi connectivity index (χ4n) is 3.82. The number of nitrogens with zero attached hydrogens (tertiary/aromatic N) is 2. The van der Waals surface area contributed by atoms with Crippen molar-refractivity contribution in [1.82, 2.24) is 10.2 Å². The molecule has 6 heteroatoms. The number of hydrogen-bond donors (Lipinski definition) is 1. The van der Waals surface area contributed by atoms with Crippen molar-refractivity contribution in [3.8, 4) is 6.07 Å². The Hall–Kier alpha value is -0.860. The summed E-state index contributed by atoms with van der Waals surface area (Å²) in [5, 5.41) is 12.2. The molecule has 2 aliphatic rings. The Labute approximate surface area is 150 Å². The van der Waals surface area contributed by atoms with Crippen LogP contribution in [0.2, 0.25) is 0 Å². The van der Waals surface area contributed by atoms with E-state index < -0.39 is 5.82 Å². The second kappa shape index (κ2) is 8.84. The summed E-state index contributed by atoms with van der Waals surface area (Å²) in [6, 6.07) is 6.87. The Morgan fingerprint density at radius 2 is 1.96 bits per heavy atom. The number of rotatable bonds is 2. The molecule has 0 atom stereocenters. The molecule has 3 rings (SSSR count). The van der Waals surface area contributed by atoms with Crippen LogP contribution in [0.1, 0.15) is 36.8 Å². The highest BCUT2D eigenvalue weighted by atomic mass is 35.5. The van der Waals surface area contributed by atoms with Crippen LogP contribution in [0.5, 0.6) is 0 Å². The van der Waals surface area contributed by atoms with E-state index in [9.17, 15) is 4.39 Å². The van der Waals surface area contributed by atoms with E-state index in [0.717, 1.165) is 38.3 Å². The van der Waals surface area contributed by atoms with Crippen molar-refractivity contribution in [3.05, 3.63) is 35.1 Å². The molecule has 2 heterocycles. The molecular weight excluding hydrogens is 336 g/mol. The van der Waals surface area contributed by atoms with Gasteiger partial charge in [0.25, 0.3) is 0 Å². The molecule has 128 valence electrons. The van der Waals surface area contributed by atoms with Crippen LogP contribution in [0.4, 0.5) is 4.39 Å². The highest BCUT2D eigenvalue weighted by Crippen LogP contribution is 2.38. The molecule has 0 amide bonds. The van der Waals surface area contributed by atoms with Crippen LogP contribution in [-0.2, 0) is 6.54 Å². The minimum absolute atomic E-state index is 0. The van der Waals surface area contributed by atoms with Gasteiger partial charge in [-0.1, -0.05) is 6.07 Å². The lowest BCUT2D eigenvalue weighted by Gasteiger charge is -2.45. The predicted molar refractivity (Wildman–Crippen MR) is 94.7 cm³/mol. The molecule has 0 radical (unpaired) electrons. The molecule has 1 N–H and O–H groups in total. The Morgan fingerprint density at radius 1 is 1.22 bits per heavy atom. The number of hydrogen-bond acceptors (Lipinski definition) is 3. The van der Waals surface area contributed by atoms with E-state index in [1.165, 1.54) is 31.7 Å². The Balaban J connectivity index is 0.00000132. The Kier molecular flexibility index (Phi) is 7.76. The van der Waals surface area contributed by atoms with Crippen LogP contribution in [-0.4, -0.2) is 31.1 Å². The van der Waals surface area contributed by atoms with E-state index in [4.69, 9.17) is 5.26 Å². The normalized spacial score (nSPS) is 20.2. The zero-order valence-corrected chi connectivity index (χ0v) is 14.8. The van der Waals surface area contributed by atoms with E-state index in [-0.39, 0.29) is 30.4 Å². The molecule has 3 nitrogen and oxygen atoms in total. The molecule has 0 unspecified atom stereocenters. The summed E-state index contributed by atoms with van der Waals surface area (Å²) in [7, 11) is 0. The number of piperidine rings is 2. The summed E-state index contributed by atoms with van der Waals surface area (Å²) >= 11 is 0. The van der Waals surface area contributed by atoms with Crippen molar-refractivity contribution >= 4 is 24.8 Å². The molecule has 2 saturated heterocycles. The summed E-state index contributed by atoms with van der Waals surface area (Å²) in [5.74, 6) is -0.399. The van der Waals surface area contributed by atoms with Crippen LogP contribution in [0.15, 0.2) is 18.2 Å². The van der Waals surface area contributed by atoms with E-state index in [1.807, 2.05) is 12.1 Å². The zero-order chi connectivity index (χ0) is 14.7. The fourth-order valence-corrected chi connectivity index (χ4v) is 3.82. The third-order valence-corrected chi connectivity index (χ3v) is 4.96. The lowest BCUT2D eigenvalue weighted by molar-refractivity contribution is 0.0551. The first-order valence-corrected chi connectivity index (χ1v) is 7.82. The summed E-state index contributed by atoms with van der Waals surface area (Å²) in [6.07, 6.45) is 5.07. The van der Waals surface area contributed by atoms with Crippen LogP contribution < -0.4 is 5.32 Å². The average Bonchev–Trinajstić information content (AvgIpc) is 2.48. The molecule has 0 saturated carbocycles. The lowest BCUT2D eigenvalue weighted by Crippen LogP contribution is -2.48. The van der Waals surface area contributed by atoms with Gasteiger partial charge in [-0.25, -0.2) is 4.39 Å². The fraction of sp³-hybridized carbons (Fsp3) is 0.588. The minimum atomic E-state index is -0.399. The first kappa shape index (κ1) is 20.2. The van der Waals surface area contributed by atoms with Gasteiger partial charge in [-0.15, -0.1) is 24.8 Å². The quantitative estimate of drug-likeness (QED) is 0.877. The molecule has 2 fully saturated rings. The van der Waals surface area contributed by atoms with E-state index in [0.29, 0.717) is 5.41 Å². The molecule has 1 spiro atoms. The second-order valence-electron chi connectivity index (χ2n) is 6.49. The third-order valence-electron chi connectivity index (χ3n) is 4.96. The van der Waals surface area contributed by atoms with Gasteiger partial charge in [-0.2, -0.15) is 5.26 Å². The van der Waals surface area contributed by atoms with Crippen LogP contribution in [0.25, 0.3) is 0 Å². The summed E-state index contributed by atoms with van der Waals surface area (Å²) in [6.45, 7) is 5.25.